The van der Waals surface area contributed by atoms with Gasteiger partial charge in [-0.3, -0.25) is 9.78 Å². The van der Waals surface area contributed by atoms with E-state index in [0.717, 1.165) is 44.6 Å². The molecule has 124 valence electrons. The van der Waals surface area contributed by atoms with Crippen LogP contribution in [0.5, 0.6) is 0 Å². The van der Waals surface area contributed by atoms with E-state index < -0.39 is 0 Å². The fraction of sp³-hybridized carbons (Fsp3) is 0.400. The van der Waals surface area contributed by atoms with Gasteiger partial charge in [-0.25, -0.2) is 0 Å². The lowest BCUT2D eigenvalue weighted by Crippen LogP contribution is -2.32. The largest absolute Gasteiger partial charge is 0.341 e. The molecule has 0 unspecified atom stereocenters. The van der Waals surface area contributed by atoms with Crippen LogP contribution in [0.2, 0.25) is 0 Å². The van der Waals surface area contributed by atoms with Gasteiger partial charge < -0.3 is 9.80 Å². The van der Waals surface area contributed by atoms with Crippen molar-refractivity contribution in [2.75, 3.05) is 24.5 Å². The van der Waals surface area contributed by atoms with Gasteiger partial charge in [0, 0.05) is 37.2 Å². The van der Waals surface area contributed by atoms with Gasteiger partial charge in [0.15, 0.2) is 0 Å². The molecule has 1 aromatic carbocycles. The van der Waals surface area contributed by atoms with Crippen LogP contribution in [0.3, 0.4) is 0 Å². The van der Waals surface area contributed by atoms with Crippen LogP contribution in [0.1, 0.15) is 41.7 Å². The van der Waals surface area contributed by atoms with Gasteiger partial charge in [0.2, 0.25) is 0 Å². The molecule has 2 aromatic rings. The first-order valence-electron chi connectivity index (χ1n) is 8.94. The zero-order chi connectivity index (χ0) is 16.4. The normalized spacial score (nSPS) is 17.5. The summed E-state index contributed by atoms with van der Waals surface area (Å²) in [7, 11) is 0. The zero-order valence-electron chi connectivity index (χ0n) is 13.9. The van der Waals surface area contributed by atoms with Crippen molar-refractivity contribution in [1.82, 2.24) is 9.88 Å². The summed E-state index contributed by atoms with van der Waals surface area (Å²) in [4.78, 5) is 21.4. The summed E-state index contributed by atoms with van der Waals surface area (Å²) in [5.74, 6) is 0.0752. The maximum absolute atomic E-state index is 12.8. The Morgan fingerprint density at radius 2 is 1.75 bits per heavy atom. The van der Waals surface area contributed by atoms with E-state index in [1.807, 2.05) is 17.0 Å². The molecule has 4 heteroatoms. The van der Waals surface area contributed by atoms with Crippen LogP contribution >= 0.6 is 0 Å². The number of nitrogens with zero attached hydrogens (tertiary/aromatic N) is 3. The van der Waals surface area contributed by atoms with E-state index in [1.54, 1.807) is 6.20 Å². The second-order valence-electron chi connectivity index (χ2n) is 6.64. The summed E-state index contributed by atoms with van der Waals surface area (Å²) in [6.07, 6.45) is 7.47. The van der Waals surface area contributed by atoms with Crippen LogP contribution in [0.25, 0.3) is 0 Å². The summed E-state index contributed by atoms with van der Waals surface area (Å²) in [5, 5.41) is 0. The van der Waals surface area contributed by atoms with Crippen LogP contribution < -0.4 is 4.90 Å². The highest BCUT2D eigenvalue weighted by atomic mass is 16.2. The topological polar surface area (TPSA) is 36.4 Å². The highest BCUT2D eigenvalue weighted by molar-refractivity contribution is 5.93. The van der Waals surface area contributed by atoms with E-state index in [-0.39, 0.29) is 5.91 Å². The van der Waals surface area contributed by atoms with Crippen molar-refractivity contribution in [2.24, 2.45) is 0 Å². The third-order valence-corrected chi connectivity index (χ3v) is 5.05. The fourth-order valence-electron chi connectivity index (χ4n) is 3.75. The van der Waals surface area contributed by atoms with Crippen molar-refractivity contribution < 1.29 is 4.79 Å². The summed E-state index contributed by atoms with van der Waals surface area (Å²) >= 11 is 0. The number of amides is 1. The van der Waals surface area contributed by atoms with Crippen molar-refractivity contribution in [3.05, 3.63) is 53.9 Å². The molecule has 1 saturated heterocycles. The quantitative estimate of drug-likeness (QED) is 0.844. The number of hydrogen-bond acceptors (Lipinski definition) is 3. The Balaban J connectivity index is 1.59. The first-order chi connectivity index (χ1) is 11.8. The molecule has 0 atom stereocenters. The Kier molecular flexibility index (Phi) is 4.20. The minimum absolute atomic E-state index is 0.0752. The van der Waals surface area contributed by atoms with Gasteiger partial charge in [-0.15, -0.1) is 0 Å². The number of likely N-dealkylation sites (tertiary alicyclic amines) is 1. The van der Waals surface area contributed by atoms with Gasteiger partial charge in [0.1, 0.15) is 5.69 Å². The minimum atomic E-state index is 0.0752. The number of rotatable bonds is 2. The average Bonchev–Trinajstić information content (AvgIpc) is 2.87. The van der Waals surface area contributed by atoms with E-state index in [9.17, 15) is 4.79 Å². The van der Waals surface area contributed by atoms with Crippen molar-refractivity contribution in [1.29, 1.82) is 0 Å². The molecule has 1 fully saturated rings. The van der Waals surface area contributed by atoms with Crippen molar-refractivity contribution >= 4 is 17.3 Å². The Morgan fingerprint density at radius 3 is 2.58 bits per heavy atom. The van der Waals surface area contributed by atoms with Gasteiger partial charge in [-0.05, 0) is 43.0 Å². The van der Waals surface area contributed by atoms with E-state index in [1.165, 1.54) is 24.1 Å². The maximum Gasteiger partial charge on any atom is 0.272 e. The number of para-hydroxylation sites is 1. The number of carbonyl (C=O) groups excluding carboxylic acids is 1. The first kappa shape index (κ1) is 15.2. The van der Waals surface area contributed by atoms with E-state index >= 15 is 0 Å². The van der Waals surface area contributed by atoms with E-state index in [0.29, 0.717) is 5.69 Å². The number of carbonyl (C=O) groups is 1. The molecule has 1 aromatic heterocycles. The molecular formula is C20H23N3O. The smallest absolute Gasteiger partial charge is 0.272 e. The molecule has 2 aliphatic heterocycles. The number of pyridine rings is 1. The molecule has 24 heavy (non-hydrogen) atoms. The molecule has 0 N–H and O–H groups in total. The number of fused-ring (bicyclic) bond motifs is 1. The monoisotopic (exact) mass is 321 g/mol. The molecule has 0 saturated carbocycles. The van der Waals surface area contributed by atoms with Gasteiger partial charge in [0.05, 0.1) is 0 Å². The number of hydrogen-bond donors (Lipinski definition) is 0. The predicted octanol–water partition coefficient (Wildman–Crippen LogP) is 3.79. The Labute approximate surface area is 143 Å². The molecule has 2 aliphatic rings. The molecule has 3 heterocycles. The van der Waals surface area contributed by atoms with Crippen molar-refractivity contribution in [3.63, 3.8) is 0 Å². The first-order valence-corrected chi connectivity index (χ1v) is 8.94. The summed E-state index contributed by atoms with van der Waals surface area (Å²) < 4.78 is 0. The Morgan fingerprint density at radius 1 is 0.958 bits per heavy atom. The lowest BCUT2D eigenvalue weighted by molar-refractivity contribution is 0.0756. The fourth-order valence-corrected chi connectivity index (χ4v) is 3.75. The molecule has 0 aliphatic carbocycles. The third-order valence-electron chi connectivity index (χ3n) is 5.05. The molecule has 0 spiro atoms. The molecule has 0 bridgehead atoms. The van der Waals surface area contributed by atoms with Crippen LogP contribution in [0, 0.1) is 0 Å². The molecule has 1 amide bonds. The minimum Gasteiger partial charge on any atom is -0.341 e. The average molecular weight is 321 g/mol. The second kappa shape index (κ2) is 6.63. The number of aromatic nitrogens is 1. The highest BCUT2D eigenvalue weighted by Crippen LogP contribution is 2.34. The molecule has 4 rings (SSSR count). The molecule has 4 nitrogen and oxygen atoms in total. The lowest BCUT2D eigenvalue weighted by Gasteiger charge is -2.22. The maximum atomic E-state index is 12.8. The van der Waals surface area contributed by atoms with Crippen LogP contribution in [-0.2, 0) is 6.42 Å². The van der Waals surface area contributed by atoms with Crippen LogP contribution in [-0.4, -0.2) is 35.4 Å². The molecule has 0 radical (unpaired) electrons. The number of anilines is 2. The van der Waals surface area contributed by atoms with Gasteiger partial charge in [-0.1, -0.05) is 31.0 Å². The standard InChI is InChI=1S/C20H23N3O/c24-20(22-12-5-1-2-6-13-22)18-15-17(9-11-21-18)23-14-10-16-7-3-4-8-19(16)23/h3-4,7-9,11,15H,1-2,5-6,10,12-14H2. The third kappa shape index (κ3) is 2.88. The lowest BCUT2D eigenvalue weighted by atomic mass is 10.2. The van der Waals surface area contributed by atoms with Crippen LogP contribution in [0.4, 0.5) is 11.4 Å². The van der Waals surface area contributed by atoms with Crippen molar-refractivity contribution in [2.45, 2.75) is 32.1 Å². The van der Waals surface area contributed by atoms with E-state index in [4.69, 9.17) is 0 Å². The zero-order valence-corrected chi connectivity index (χ0v) is 13.9. The van der Waals surface area contributed by atoms with Gasteiger partial charge >= 0.3 is 0 Å². The SMILES string of the molecule is O=C(c1cc(N2CCc3ccccc32)ccn1)N1CCCCCC1. The second-order valence-corrected chi connectivity index (χ2v) is 6.64. The summed E-state index contributed by atoms with van der Waals surface area (Å²) in [5.41, 5.74) is 4.25. The van der Waals surface area contributed by atoms with Gasteiger partial charge in [0.25, 0.3) is 5.91 Å². The highest BCUT2D eigenvalue weighted by Gasteiger charge is 2.23. The van der Waals surface area contributed by atoms with Crippen molar-refractivity contribution in [3.8, 4) is 0 Å². The predicted molar refractivity (Wildman–Crippen MR) is 95.8 cm³/mol. The summed E-state index contributed by atoms with van der Waals surface area (Å²) in [6, 6.07) is 12.4. The van der Waals surface area contributed by atoms with E-state index in [2.05, 4.69) is 34.1 Å². The molecular weight excluding hydrogens is 298 g/mol. The van der Waals surface area contributed by atoms with Gasteiger partial charge in [-0.2, -0.15) is 0 Å². The van der Waals surface area contributed by atoms with Crippen LogP contribution in [0.15, 0.2) is 42.6 Å². The summed E-state index contributed by atoms with van der Waals surface area (Å²) in [6.45, 7) is 2.68. The number of benzene rings is 1. The Bertz CT molecular complexity index is 735. The Hall–Kier alpha value is -2.36.